The molecular weight excluding hydrogens is 362 g/mol. The van der Waals surface area contributed by atoms with Gasteiger partial charge in [0.2, 0.25) is 12.5 Å². The number of aromatic nitrogens is 1. The van der Waals surface area contributed by atoms with Crippen molar-refractivity contribution in [3.63, 3.8) is 0 Å². The maximum atomic E-state index is 10.4. The van der Waals surface area contributed by atoms with Gasteiger partial charge in [-0.05, 0) is 42.1 Å². The van der Waals surface area contributed by atoms with E-state index in [0.29, 0.717) is 5.75 Å². The molecule has 0 saturated carbocycles. The number of carboxylic acid groups (broad SMARTS) is 1. The molecule has 0 fully saturated rings. The van der Waals surface area contributed by atoms with Crippen LogP contribution in [0.15, 0.2) is 36.5 Å². The molecule has 2 aliphatic rings. The third kappa shape index (κ3) is 3.05. The largest absolute Gasteiger partial charge is 0.550 e. The first kappa shape index (κ1) is 17.9. The lowest BCUT2D eigenvalue weighted by Crippen LogP contribution is -2.39. The predicted molar refractivity (Wildman–Crippen MR) is 98.3 cm³/mol. The number of ether oxygens (including phenoxy) is 3. The predicted octanol–water partition coefficient (Wildman–Crippen LogP) is 1.55. The molecule has 28 heavy (non-hydrogen) atoms. The van der Waals surface area contributed by atoms with Crippen molar-refractivity contribution in [2.24, 2.45) is 0 Å². The van der Waals surface area contributed by atoms with Crippen molar-refractivity contribution in [2.45, 2.75) is 19.9 Å². The molecule has 0 amide bonds. The molecule has 0 spiro atoms. The number of methoxy groups -OCH3 is 1. The number of hydrogen-bond donors (Lipinski definition) is 1. The third-order valence-corrected chi connectivity index (χ3v) is 4.82. The van der Waals surface area contributed by atoms with E-state index < -0.39 is 5.97 Å². The van der Waals surface area contributed by atoms with Crippen molar-refractivity contribution < 1.29 is 33.8 Å². The maximum absolute atomic E-state index is 10.4. The SMILES string of the molecule is CC(=O)[O-].COc1ccc2cc3[n+](cc2c1O)CCc1cc2c(cc1-3)OCO2. The number of benzene rings is 2. The molecule has 5 rings (SSSR count). The van der Waals surface area contributed by atoms with Crippen LogP contribution >= 0.6 is 0 Å². The second kappa shape index (κ2) is 6.92. The van der Waals surface area contributed by atoms with Crippen molar-refractivity contribution in [3.05, 3.63) is 42.1 Å². The highest BCUT2D eigenvalue weighted by atomic mass is 16.7. The Balaban J connectivity index is 0.000000442. The molecule has 3 aromatic rings. The van der Waals surface area contributed by atoms with Gasteiger partial charge in [-0.3, -0.25) is 0 Å². The summed E-state index contributed by atoms with van der Waals surface area (Å²) >= 11 is 0. The number of carboxylic acids is 1. The molecule has 0 radical (unpaired) electrons. The van der Waals surface area contributed by atoms with Crippen molar-refractivity contribution in [3.8, 4) is 34.3 Å². The molecule has 1 aromatic heterocycles. The number of carbonyl (C=O) groups is 1. The van der Waals surface area contributed by atoms with Gasteiger partial charge in [0.1, 0.15) is 0 Å². The molecule has 0 unspecified atom stereocenters. The van der Waals surface area contributed by atoms with Crippen molar-refractivity contribution in [2.75, 3.05) is 13.9 Å². The van der Waals surface area contributed by atoms with Crippen LogP contribution in [0, 0.1) is 0 Å². The van der Waals surface area contributed by atoms with Gasteiger partial charge in [0.25, 0.3) is 0 Å². The fourth-order valence-electron chi connectivity index (χ4n) is 3.57. The number of aromatic hydroxyl groups is 1. The summed E-state index contributed by atoms with van der Waals surface area (Å²) in [5.41, 5.74) is 3.53. The summed E-state index contributed by atoms with van der Waals surface area (Å²) in [6.07, 6.45) is 2.91. The molecule has 7 nitrogen and oxygen atoms in total. The Morgan fingerprint density at radius 1 is 1.21 bits per heavy atom. The lowest BCUT2D eigenvalue weighted by Gasteiger charge is -2.16. The summed E-state index contributed by atoms with van der Waals surface area (Å²) in [6, 6.07) is 10.00. The molecule has 144 valence electrons. The van der Waals surface area contributed by atoms with Gasteiger partial charge in [0.05, 0.1) is 18.1 Å². The van der Waals surface area contributed by atoms with Gasteiger partial charge in [0.15, 0.2) is 35.7 Å². The first-order chi connectivity index (χ1) is 13.5. The highest BCUT2D eigenvalue weighted by molar-refractivity contribution is 5.91. The average molecular weight is 381 g/mol. The van der Waals surface area contributed by atoms with Crippen LogP contribution in [-0.2, 0) is 17.8 Å². The van der Waals surface area contributed by atoms with Crippen LogP contribution in [0.4, 0.5) is 0 Å². The second-order valence-corrected chi connectivity index (χ2v) is 6.58. The standard InChI is InChI=1S/C19H15NO4.C2H4O2/c1-22-16-3-2-11-6-15-13-8-18-17(23-10-24-18)7-12(13)4-5-20(15)9-14(11)19(16)21;1-2(3)4/h2-3,6-9H,4-5,10H2,1H3;1H3,(H,3,4). The maximum Gasteiger partial charge on any atom is 0.231 e. The number of phenolic OH excluding ortho intramolecular Hbond substituents is 1. The Morgan fingerprint density at radius 2 is 1.93 bits per heavy atom. The Labute approximate surface area is 161 Å². The summed E-state index contributed by atoms with van der Waals surface area (Å²) in [4.78, 5) is 8.89. The summed E-state index contributed by atoms with van der Waals surface area (Å²) < 4.78 is 18.4. The second-order valence-electron chi connectivity index (χ2n) is 6.58. The van der Waals surface area contributed by atoms with Crippen molar-refractivity contribution in [1.29, 1.82) is 0 Å². The summed E-state index contributed by atoms with van der Waals surface area (Å²) in [5.74, 6) is 1.20. The number of phenols is 1. The lowest BCUT2D eigenvalue weighted by atomic mass is 9.95. The topological polar surface area (TPSA) is 91.9 Å². The molecule has 7 heteroatoms. The Bertz CT molecular complexity index is 1090. The smallest absolute Gasteiger partial charge is 0.231 e. The molecule has 2 aromatic carbocycles. The number of pyridine rings is 1. The quantitative estimate of drug-likeness (QED) is 0.643. The van der Waals surface area contributed by atoms with Gasteiger partial charge in [-0.15, -0.1) is 0 Å². The van der Waals surface area contributed by atoms with Crippen LogP contribution in [0.3, 0.4) is 0 Å². The summed E-state index contributed by atoms with van der Waals surface area (Å²) in [7, 11) is 1.56. The number of aryl methyl sites for hydroxylation is 2. The number of nitrogens with zero attached hydrogens (tertiary/aromatic N) is 1. The van der Waals surface area contributed by atoms with Crippen LogP contribution in [-0.4, -0.2) is 25.0 Å². The highest BCUT2D eigenvalue weighted by Gasteiger charge is 2.28. The van der Waals surface area contributed by atoms with Crippen LogP contribution < -0.4 is 23.9 Å². The van der Waals surface area contributed by atoms with E-state index in [1.54, 1.807) is 13.2 Å². The number of hydrogen-bond acceptors (Lipinski definition) is 6. The van der Waals surface area contributed by atoms with Gasteiger partial charge in [-0.2, -0.15) is 4.57 Å². The molecule has 2 aliphatic heterocycles. The van der Waals surface area contributed by atoms with Gasteiger partial charge in [-0.1, -0.05) is 0 Å². The lowest BCUT2D eigenvalue weighted by molar-refractivity contribution is -0.686. The van der Waals surface area contributed by atoms with Crippen LogP contribution in [0.2, 0.25) is 0 Å². The van der Waals surface area contributed by atoms with Gasteiger partial charge in [-0.25, -0.2) is 0 Å². The molecule has 0 bridgehead atoms. The number of fused-ring (bicyclic) bond motifs is 5. The summed E-state index contributed by atoms with van der Waals surface area (Å²) in [6.45, 7) is 2.11. The fourth-order valence-corrected chi connectivity index (χ4v) is 3.57. The van der Waals surface area contributed by atoms with E-state index in [2.05, 4.69) is 22.8 Å². The summed E-state index contributed by atoms with van der Waals surface area (Å²) in [5, 5.41) is 21.1. The van der Waals surface area contributed by atoms with Crippen molar-refractivity contribution in [1.82, 2.24) is 0 Å². The van der Waals surface area contributed by atoms with E-state index in [1.807, 2.05) is 12.3 Å². The molecule has 0 atom stereocenters. The number of rotatable bonds is 1. The van der Waals surface area contributed by atoms with E-state index >= 15 is 0 Å². The van der Waals surface area contributed by atoms with E-state index in [0.717, 1.165) is 53.4 Å². The first-order valence-corrected chi connectivity index (χ1v) is 8.81. The van der Waals surface area contributed by atoms with Crippen LogP contribution in [0.25, 0.3) is 22.0 Å². The van der Waals surface area contributed by atoms with E-state index in [-0.39, 0.29) is 12.5 Å². The number of aliphatic carboxylic acids is 1. The Morgan fingerprint density at radius 3 is 2.64 bits per heavy atom. The third-order valence-electron chi connectivity index (χ3n) is 4.82. The van der Waals surface area contributed by atoms with Crippen LogP contribution in [0.5, 0.6) is 23.0 Å². The minimum atomic E-state index is -1.08. The zero-order valence-corrected chi connectivity index (χ0v) is 15.5. The van der Waals surface area contributed by atoms with Gasteiger partial charge in [0, 0.05) is 18.5 Å². The van der Waals surface area contributed by atoms with Gasteiger partial charge >= 0.3 is 0 Å². The minimum Gasteiger partial charge on any atom is -0.550 e. The van der Waals surface area contributed by atoms with E-state index in [4.69, 9.17) is 24.1 Å². The molecule has 0 aliphatic carbocycles. The first-order valence-electron chi connectivity index (χ1n) is 8.81. The molecule has 1 N–H and O–H groups in total. The fraction of sp³-hybridized carbons (Fsp3) is 0.238. The molecular formula is C21H19NO6. The van der Waals surface area contributed by atoms with E-state index in [1.165, 1.54) is 5.56 Å². The minimum absolute atomic E-state index is 0.182. The molecule has 3 heterocycles. The van der Waals surface area contributed by atoms with Crippen LogP contribution in [0.1, 0.15) is 12.5 Å². The normalized spacial score (nSPS) is 13.2. The van der Waals surface area contributed by atoms with Crippen molar-refractivity contribution >= 4 is 16.7 Å². The zero-order chi connectivity index (χ0) is 19.8. The molecule has 0 saturated heterocycles. The van der Waals surface area contributed by atoms with Gasteiger partial charge < -0.3 is 29.2 Å². The monoisotopic (exact) mass is 381 g/mol. The number of carbonyl (C=O) groups excluding carboxylic acids is 1. The Kier molecular flexibility index (Phi) is 4.43. The Hall–Kier alpha value is -3.48. The van der Waals surface area contributed by atoms with E-state index in [9.17, 15) is 5.11 Å². The highest BCUT2D eigenvalue weighted by Crippen LogP contribution is 2.41. The zero-order valence-electron chi connectivity index (χ0n) is 15.5. The average Bonchev–Trinajstić information content (AvgIpc) is 3.12.